The number of ether oxygens (including phenoxy) is 1. The van der Waals surface area contributed by atoms with Crippen LogP contribution in [0.5, 0.6) is 5.75 Å². The zero-order valence-electron chi connectivity index (χ0n) is 14.8. The number of nitrogens with zero attached hydrogens (tertiary/aromatic N) is 1. The van der Waals surface area contributed by atoms with Gasteiger partial charge in [0.05, 0.1) is 24.8 Å². The second-order valence-corrected chi connectivity index (χ2v) is 7.94. The van der Waals surface area contributed by atoms with Crippen LogP contribution in [0.4, 0.5) is 5.69 Å². The summed E-state index contributed by atoms with van der Waals surface area (Å²) in [5.41, 5.74) is 3.16. The van der Waals surface area contributed by atoms with Crippen molar-refractivity contribution in [1.82, 2.24) is 0 Å². The summed E-state index contributed by atoms with van der Waals surface area (Å²) in [6.07, 6.45) is 2.75. The highest BCUT2D eigenvalue weighted by Gasteiger charge is 2.55. The van der Waals surface area contributed by atoms with Crippen molar-refractivity contribution in [3.63, 3.8) is 0 Å². The average Bonchev–Trinajstić information content (AvgIpc) is 2.84. The molecule has 0 unspecified atom stereocenters. The fourth-order valence-electron chi connectivity index (χ4n) is 3.99. The Morgan fingerprint density at radius 2 is 1.92 bits per heavy atom. The number of anilines is 1. The van der Waals surface area contributed by atoms with E-state index in [0.29, 0.717) is 12.1 Å². The first-order chi connectivity index (χ1) is 12.5. The molecule has 1 aliphatic carbocycles. The van der Waals surface area contributed by atoms with E-state index in [4.69, 9.17) is 4.74 Å². The van der Waals surface area contributed by atoms with Crippen LogP contribution in [0, 0.1) is 0 Å². The predicted octanol–water partition coefficient (Wildman–Crippen LogP) is 4.63. The maximum Gasteiger partial charge on any atom is 0.238 e. The lowest BCUT2D eigenvalue weighted by molar-refractivity contribution is -0.126. The van der Waals surface area contributed by atoms with Crippen LogP contribution in [0.25, 0.3) is 0 Å². The zero-order valence-corrected chi connectivity index (χ0v) is 16.4. The fraction of sp³-hybridized carbons (Fsp3) is 0.333. The summed E-state index contributed by atoms with van der Waals surface area (Å²) in [4.78, 5) is 27.1. The summed E-state index contributed by atoms with van der Waals surface area (Å²) in [5.74, 6) is 0.963. The third-order valence-corrected chi connectivity index (χ3v) is 6.22. The van der Waals surface area contributed by atoms with Gasteiger partial charge in [0.15, 0.2) is 5.78 Å². The second kappa shape index (κ2) is 6.23. The molecule has 1 heterocycles. The van der Waals surface area contributed by atoms with E-state index >= 15 is 0 Å². The summed E-state index contributed by atoms with van der Waals surface area (Å²) in [5, 5.41) is 0. The molecule has 4 nitrogen and oxygen atoms in total. The minimum atomic E-state index is -0.449. The van der Waals surface area contributed by atoms with E-state index in [1.54, 1.807) is 14.0 Å². The highest BCUT2D eigenvalue weighted by molar-refractivity contribution is 9.10. The first kappa shape index (κ1) is 17.3. The normalized spacial score (nSPS) is 17.2. The largest absolute Gasteiger partial charge is 0.497 e. The molecule has 0 N–H and O–H groups in total. The molecule has 5 heteroatoms. The third-order valence-electron chi connectivity index (χ3n) is 5.62. The minimum absolute atomic E-state index is 0.0176. The Bertz CT molecular complexity index is 900. The first-order valence-corrected chi connectivity index (χ1v) is 9.55. The number of rotatable bonds is 4. The van der Waals surface area contributed by atoms with E-state index in [2.05, 4.69) is 15.9 Å². The van der Waals surface area contributed by atoms with Crippen molar-refractivity contribution in [3.05, 3.63) is 57.6 Å². The van der Waals surface area contributed by atoms with Crippen molar-refractivity contribution in [1.29, 1.82) is 0 Å². The van der Waals surface area contributed by atoms with E-state index in [9.17, 15) is 9.59 Å². The number of carbonyl (C=O) groups excluding carboxylic acids is 2. The van der Waals surface area contributed by atoms with Crippen LogP contribution >= 0.6 is 15.9 Å². The highest BCUT2D eigenvalue weighted by atomic mass is 79.9. The maximum absolute atomic E-state index is 13.3. The van der Waals surface area contributed by atoms with E-state index in [-0.39, 0.29) is 11.7 Å². The van der Waals surface area contributed by atoms with E-state index in [0.717, 1.165) is 46.3 Å². The standard InChI is InChI=1S/C21H20BrNO3/c1-13(24)15-10-17-19(18(22)11-15)23(20(25)21(17)8-3-9-21)12-14-4-6-16(26-2)7-5-14/h4-7,10-11H,3,8-9,12H2,1-2H3. The van der Waals surface area contributed by atoms with Crippen molar-refractivity contribution in [2.24, 2.45) is 0 Å². The Balaban J connectivity index is 1.77. The maximum atomic E-state index is 13.3. The number of hydrogen-bond acceptors (Lipinski definition) is 3. The summed E-state index contributed by atoms with van der Waals surface area (Å²) in [6.45, 7) is 2.07. The number of Topliss-reactive ketones (excluding diaryl/α,β-unsaturated/α-hetero) is 1. The summed E-state index contributed by atoms with van der Waals surface area (Å²) < 4.78 is 6.02. The minimum Gasteiger partial charge on any atom is -0.497 e. The lowest BCUT2D eigenvalue weighted by Crippen LogP contribution is -2.44. The molecular formula is C21H20BrNO3. The number of carbonyl (C=O) groups is 2. The van der Waals surface area contributed by atoms with E-state index in [1.807, 2.05) is 41.3 Å². The second-order valence-electron chi connectivity index (χ2n) is 7.09. The Morgan fingerprint density at radius 1 is 1.23 bits per heavy atom. The molecule has 0 atom stereocenters. The summed E-state index contributed by atoms with van der Waals surface area (Å²) in [7, 11) is 1.64. The van der Waals surface area contributed by atoms with Crippen LogP contribution in [-0.2, 0) is 16.8 Å². The molecule has 2 aliphatic rings. The van der Waals surface area contributed by atoms with Gasteiger partial charge < -0.3 is 9.64 Å². The van der Waals surface area contributed by atoms with Crippen LogP contribution in [0.15, 0.2) is 40.9 Å². The quantitative estimate of drug-likeness (QED) is 0.686. The molecule has 134 valence electrons. The number of ketones is 1. The van der Waals surface area contributed by atoms with Crippen LogP contribution in [0.2, 0.25) is 0 Å². The molecular weight excluding hydrogens is 394 g/mol. The van der Waals surface area contributed by atoms with Crippen LogP contribution in [-0.4, -0.2) is 18.8 Å². The van der Waals surface area contributed by atoms with Crippen LogP contribution < -0.4 is 9.64 Å². The van der Waals surface area contributed by atoms with Gasteiger partial charge in [-0.15, -0.1) is 0 Å². The number of fused-ring (bicyclic) bond motifs is 2. The van der Waals surface area contributed by atoms with Gasteiger partial charge in [0.1, 0.15) is 5.75 Å². The monoisotopic (exact) mass is 413 g/mol. The van der Waals surface area contributed by atoms with Gasteiger partial charge >= 0.3 is 0 Å². The van der Waals surface area contributed by atoms with Gasteiger partial charge in [-0.3, -0.25) is 9.59 Å². The van der Waals surface area contributed by atoms with Gasteiger partial charge in [-0.05, 0) is 71.1 Å². The molecule has 0 radical (unpaired) electrons. The molecule has 2 aromatic rings. The van der Waals surface area contributed by atoms with Crippen LogP contribution in [0.3, 0.4) is 0 Å². The Hall–Kier alpha value is -2.14. The highest BCUT2D eigenvalue weighted by Crippen LogP contribution is 2.56. The van der Waals surface area contributed by atoms with Gasteiger partial charge in [-0.2, -0.15) is 0 Å². The van der Waals surface area contributed by atoms with Crippen molar-refractivity contribution in [2.75, 3.05) is 12.0 Å². The molecule has 1 amide bonds. The summed E-state index contributed by atoms with van der Waals surface area (Å²) in [6, 6.07) is 11.5. The molecule has 1 spiro atoms. The van der Waals surface area contributed by atoms with E-state index in [1.165, 1.54) is 0 Å². The summed E-state index contributed by atoms with van der Waals surface area (Å²) >= 11 is 3.61. The van der Waals surface area contributed by atoms with Gasteiger partial charge in [-0.1, -0.05) is 18.6 Å². The Labute approximate surface area is 161 Å². The molecule has 4 rings (SSSR count). The number of benzene rings is 2. The number of halogens is 1. The molecule has 1 saturated carbocycles. The third kappa shape index (κ3) is 2.49. The molecule has 0 saturated heterocycles. The van der Waals surface area contributed by atoms with Crippen LogP contribution in [0.1, 0.15) is 47.7 Å². The average molecular weight is 414 g/mol. The predicted molar refractivity (Wildman–Crippen MR) is 104 cm³/mol. The van der Waals surface area contributed by atoms with Gasteiger partial charge in [0.25, 0.3) is 0 Å². The topological polar surface area (TPSA) is 46.6 Å². The SMILES string of the molecule is COc1ccc(CN2C(=O)C3(CCC3)c3cc(C(C)=O)cc(Br)c32)cc1. The van der Waals surface area contributed by atoms with Gasteiger partial charge in [-0.25, -0.2) is 0 Å². The van der Waals surface area contributed by atoms with Crippen molar-refractivity contribution < 1.29 is 14.3 Å². The molecule has 1 aliphatic heterocycles. The van der Waals surface area contributed by atoms with E-state index < -0.39 is 5.41 Å². The molecule has 1 fully saturated rings. The zero-order chi connectivity index (χ0) is 18.5. The lowest BCUT2D eigenvalue weighted by atomic mass is 9.65. The Morgan fingerprint density at radius 3 is 2.46 bits per heavy atom. The smallest absolute Gasteiger partial charge is 0.238 e. The molecule has 26 heavy (non-hydrogen) atoms. The molecule has 2 aromatic carbocycles. The number of amides is 1. The fourth-order valence-corrected chi connectivity index (χ4v) is 4.67. The molecule has 0 aromatic heterocycles. The number of methoxy groups -OCH3 is 1. The van der Waals surface area contributed by atoms with Gasteiger partial charge in [0.2, 0.25) is 5.91 Å². The number of hydrogen-bond donors (Lipinski definition) is 0. The molecule has 0 bridgehead atoms. The Kier molecular flexibility index (Phi) is 4.14. The lowest BCUT2D eigenvalue weighted by Gasteiger charge is -2.37. The van der Waals surface area contributed by atoms with Crippen molar-refractivity contribution in [2.45, 2.75) is 38.1 Å². The van der Waals surface area contributed by atoms with Crippen molar-refractivity contribution in [3.8, 4) is 5.75 Å². The first-order valence-electron chi connectivity index (χ1n) is 8.76. The van der Waals surface area contributed by atoms with Crippen molar-refractivity contribution >= 4 is 33.3 Å². The van der Waals surface area contributed by atoms with Gasteiger partial charge in [0, 0.05) is 10.0 Å².